The molecule has 4 aromatic rings. The number of carboxylic acid groups (broad SMARTS) is 1. The SMILES string of the molecule is O=C(N=CC(Cc1ccc(-c2ccccc2)cc1)C(=O)O)c1cc(-c2cccc(C(F)(F)F)c2)ccn1. The number of amides is 1. The average Bonchev–Trinajstić information content (AvgIpc) is 2.91. The van der Waals surface area contributed by atoms with Crippen molar-refractivity contribution in [2.75, 3.05) is 0 Å². The Hall–Kier alpha value is -4.59. The van der Waals surface area contributed by atoms with E-state index in [1.165, 1.54) is 30.5 Å². The Bertz CT molecular complexity index is 1430. The predicted octanol–water partition coefficient (Wildman–Crippen LogP) is 6.59. The lowest BCUT2D eigenvalue weighted by Gasteiger charge is -2.09. The molecule has 0 bridgehead atoms. The monoisotopic (exact) mass is 502 g/mol. The summed E-state index contributed by atoms with van der Waals surface area (Å²) in [4.78, 5) is 32.1. The Labute approximate surface area is 211 Å². The van der Waals surface area contributed by atoms with Gasteiger partial charge in [-0.1, -0.05) is 66.7 Å². The van der Waals surface area contributed by atoms with E-state index in [0.29, 0.717) is 5.56 Å². The zero-order valence-corrected chi connectivity index (χ0v) is 19.4. The van der Waals surface area contributed by atoms with Gasteiger partial charge in [0.1, 0.15) is 5.69 Å². The first-order chi connectivity index (χ1) is 17.7. The van der Waals surface area contributed by atoms with Gasteiger partial charge in [0.25, 0.3) is 5.91 Å². The van der Waals surface area contributed by atoms with Crippen molar-refractivity contribution >= 4 is 18.1 Å². The van der Waals surface area contributed by atoms with E-state index in [-0.39, 0.29) is 17.7 Å². The Kier molecular flexibility index (Phi) is 7.57. The summed E-state index contributed by atoms with van der Waals surface area (Å²) in [5.74, 6) is -2.99. The van der Waals surface area contributed by atoms with Gasteiger partial charge in [0.15, 0.2) is 0 Å². The van der Waals surface area contributed by atoms with Crippen molar-refractivity contribution in [2.45, 2.75) is 12.6 Å². The van der Waals surface area contributed by atoms with Gasteiger partial charge >= 0.3 is 12.1 Å². The van der Waals surface area contributed by atoms with Gasteiger partial charge in [-0.3, -0.25) is 14.6 Å². The van der Waals surface area contributed by atoms with Gasteiger partial charge in [0.05, 0.1) is 11.5 Å². The smallest absolute Gasteiger partial charge is 0.416 e. The molecular weight excluding hydrogens is 481 g/mol. The van der Waals surface area contributed by atoms with Crippen molar-refractivity contribution in [1.82, 2.24) is 4.98 Å². The molecule has 1 heterocycles. The summed E-state index contributed by atoms with van der Waals surface area (Å²) in [5.41, 5.74) is 2.49. The standard InChI is InChI=1S/C29H21F3N2O3/c30-29(31,32)25-8-4-7-22(16-25)23-13-14-33-26(17-23)27(35)34-18-24(28(36)37)15-19-9-11-21(12-10-19)20-5-2-1-3-6-20/h1-14,16-18,24H,15H2,(H,36,37). The van der Waals surface area contributed by atoms with Crippen LogP contribution in [0.5, 0.6) is 0 Å². The summed E-state index contributed by atoms with van der Waals surface area (Å²) >= 11 is 0. The molecule has 0 saturated heterocycles. The predicted molar refractivity (Wildman–Crippen MR) is 134 cm³/mol. The number of halogens is 3. The van der Waals surface area contributed by atoms with Gasteiger partial charge in [0.2, 0.25) is 0 Å². The van der Waals surface area contributed by atoms with Crippen molar-refractivity contribution < 1.29 is 27.9 Å². The summed E-state index contributed by atoms with van der Waals surface area (Å²) in [5, 5.41) is 9.63. The number of nitrogens with zero attached hydrogens (tertiary/aromatic N) is 2. The van der Waals surface area contributed by atoms with Crippen LogP contribution < -0.4 is 0 Å². The molecule has 0 fully saturated rings. The molecule has 1 aromatic heterocycles. The summed E-state index contributed by atoms with van der Waals surface area (Å²) in [7, 11) is 0. The van der Waals surface area contributed by atoms with Gasteiger partial charge in [-0.25, -0.2) is 4.99 Å². The Morgan fingerprint density at radius 2 is 1.49 bits per heavy atom. The van der Waals surface area contributed by atoms with E-state index in [0.717, 1.165) is 35.0 Å². The molecule has 5 nitrogen and oxygen atoms in total. The normalized spacial score (nSPS) is 12.4. The van der Waals surface area contributed by atoms with Gasteiger partial charge in [0, 0.05) is 12.4 Å². The van der Waals surface area contributed by atoms with Crippen LogP contribution in [0, 0.1) is 5.92 Å². The third-order valence-corrected chi connectivity index (χ3v) is 5.71. The number of carboxylic acids is 1. The molecule has 1 amide bonds. The van der Waals surface area contributed by atoms with Gasteiger partial charge in [-0.15, -0.1) is 0 Å². The van der Waals surface area contributed by atoms with Crippen LogP contribution in [0.15, 0.2) is 102 Å². The Morgan fingerprint density at radius 3 is 2.16 bits per heavy atom. The quantitative estimate of drug-likeness (QED) is 0.289. The number of carbonyl (C=O) groups excluding carboxylic acids is 1. The molecule has 1 unspecified atom stereocenters. The van der Waals surface area contributed by atoms with Gasteiger partial charge in [-0.2, -0.15) is 13.2 Å². The molecular formula is C29H21F3N2O3. The molecule has 8 heteroatoms. The summed E-state index contributed by atoms with van der Waals surface area (Å²) < 4.78 is 39.2. The van der Waals surface area contributed by atoms with Crippen molar-refractivity contribution in [3.63, 3.8) is 0 Å². The van der Waals surface area contributed by atoms with Crippen LogP contribution in [-0.2, 0) is 17.4 Å². The van der Waals surface area contributed by atoms with Crippen LogP contribution in [0.3, 0.4) is 0 Å². The molecule has 0 aliphatic heterocycles. The molecule has 0 saturated carbocycles. The fourth-order valence-electron chi connectivity index (χ4n) is 3.75. The van der Waals surface area contributed by atoms with Crippen LogP contribution in [0.2, 0.25) is 0 Å². The maximum atomic E-state index is 13.1. The molecule has 0 aliphatic carbocycles. The fourth-order valence-corrected chi connectivity index (χ4v) is 3.75. The summed E-state index contributed by atoms with van der Waals surface area (Å²) in [6.45, 7) is 0. The highest BCUT2D eigenvalue weighted by Gasteiger charge is 2.30. The van der Waals surface area contributed by atoms with Crippen molar-refractivity contribution in [2.24, 2.45) is 10.9 Å². The molecule has 3 aromatic carbocycles. The molecule has 37 heavy (non-hydrogen) atoms. The van der Waals surface area contributed by atoms with Crippen LogP contribution >= 0.6 is 0 Å². The molecule has 4 rings (SSSR count). The van der Waals surface area contributed by atoms with E-state index in [1.807, 2.05) is 54.6 Å². The van der Waals surface area contributed by atoms with Crippen LogP contribution in [0.4, 0.5) is 13.2 Å². The van der Waals surface area contributed by atoms with E-state index in [9.17, 15) is 27.9 Å². The number of hydrogen-bond donors (Lipinski definition) is 1. The second-order valence-corrected chi connectivity index (χ2v) is 8.30. The number of aliphatic imine (C=N–C) groups is 1. The fraction of sp³-hybridized carbons (Fsp3) is 0.103. The zero-order chi connectivity index (χ0) is 26.4. The number of hydrogen-bond acceptors (Lipinski definition) is 3. The van der Waals surface area contributed by atoms with Crippen LogP contribution in [-0.4, -0.2) is 28.2 Å². The number of benzene rings is 3. The van der Waals surface area contributed by atoms with E-state index >= 15 is 0 Å². The lowest BCUT2D eigenvalue weighted by molar-refractivity contribution is -0.139. The molecule has 0 aliphatic rings. The van der Waals surface area contributed by atoms with Gasteiger partial charge < -0.3 is 5.11 Å². The molecule has 1 N–H and O–H groups in total. The average molecular weight is 502 g/mol. The Balaban J connectivity index is 1.48. The van der Waals surface area contributed by atoms with Crippen molar-refractivity contribution in [3.05, 3.63) is 114 Å². The lowest BCUT2D eigenvalue weighted by atomic mass is 9.97. The minimum Gasteiger partial charge on any atom is -0.481 e. The number of carbonyl (C=O) groups is 2. The van der Waals surface area contributed by atoms with E-state index in [4.69, 9.17) is 0 Å². The third kappa shape index (κ3) is 6.55. The molecule has 0 spiro atoms. The second-order valence-electron chi connectivity index (χ2n) is 8.30. The van der Waals surface area contributed by atoms with Crippen LogP contribution in [0.25, 0.3) is 22.3 Å². The maximum Gasteiger partial charge on any atom is 0.416 e. The van der Waals surface area contributed by atoms with E-state index in [2.05, 4.69) is 9.98 Å². The summed E-state index contributed by atoms with van der Waals surface area (Å²) in [6, 6.07) is 24.7. The molecule has 1 atom stereocenters. The first-order valence-electron chi connectivity index (χ1n) is 11.3. The maximum absolute atomic E-state index is 13.1. The summed E-state index contributed by atoms with van der Waals surface area (Å²) in [6.07, 6.45) is -2.02. The van der Waals surface area contributed by atoms with Gasteiger partial charge in [-0.05, 0) is 58.5 Å². The minimum absolute atomic E-state index is 0.109. The second kappa shape index (κ2) is 11.0. The zero-order valence-electron chi connectivity index (χ0n) is 19.4. The largest absolute Gasteiger partial charge is 0.481 e. The number of pyridine rings is 1. The first-order valence-corrected chi connectivity index (χ1v) is 11.3. The molecule has 0 radical (unpaired) electrons. The third-order valence-electron chi connectivity index (χ3n) is 5.71. The highest BCUT2D eigenvalue weighted by Crippen LogP contribution is 2.32. The van der Waals surface area contributed by atoms with Crippen molar-refractivity contribution in [1.29, 1.82) is 0 Å². The van der Waals surface area contributed by atoms with Crippen LogP contribution in [0.1, 0.15) is 21.6 Å². The Morgan fingerprint density at radius 1 is 0.838 bits per heavy atom. The van der Waals surface area contributed by atoms with Crippen molar-refractivity contribution in [3.8, 4) is 22.3 Å². The van der Waals surface area contributed by atoms with E-state index < -0.39 is 29.5 Å². The number of alkyl halides is 3. The molecule has 186 valence electrons. The number of aromatic nitrogens is 1. The number of aliphatic carboxylic acids is 1. The number of rotatable bonds is 7. The highest BCUT2D eigenvalue weighted by atomic mass is 19.4. The highest BCUT2D eigenvalue weighted by molar-refractivity contribution is 6.01. The first kappa shape index (κ1) is 25.5. The minimum atomic E-state index is -4.50. The van der Waals surface area contributed by atoms with E-state index in [1.54, 1.807) is 0 Å². The lowest BCUT2D eigenvalue weighted by Crippen LogP contribution is -2.18. The topological polar surface area (TPSA) is 79.6 Å².